The fraction of sp³-hybridized carbons (Fsp3) is 0.167. The summed E-state index contributed by atoms with van der Waals surface area (Å²) in [7, 11) is -6.13. The number of benzene rings is 3. The molecule has 0 unspecified atom stereocenters. The molecule has 0 aromatic heterocycles. The van der Waals surface area contributed by atoms with Gasteiger partial charge in [0.1, 0.15) is 5.25 Å². The number of sulfone groups is 2. The molecule has 0 spiro atoms. The smallest absolute Gasteiger partial charge is 0.203 e. The van der Waals surface area contributed by atoms with Crippen LogP contribution in [0.5, 0.6) is 0 Å². The molecular formula is C24H23NO4S2. The van der Waals surface area contributed by atoms with Crippen LogP contribution in [-0.4, -0.2) is 40.6 Å². The molecular weight excluding hydrogens is 430 g/mol. The van der Waals surface area contributed by atoms with Crippen molar-refractivity contribution in [1.29, 1.82) is 0 Å². The van der Waals surface area contributed by atoms with E-state index in [1.165, 1.54) is 24.3 Å². The number of hydrogen-bond acceptors (Lipinski definition) is 5. The zero-order valence-corrected chi connectivity index (χ0v) is 18.6. The van der Waals surface area contributed by atoms with Gasteiger partial charge in [0, 0.05) is 6.54 Å². The average Bonchev–Trinajstić information content (AvgIpc) is 2.80. The standard InChI is InChI=1S/C24H23NO4S2/c1-25-18-24(31(28,29)21-15-9-4-10-16-21)23(17-22(25)19-11-5-2-6-12-19)30(26,27)20-13-7-3-8-14-20/h2-17,22,24H,18H2,1H3/t22-,24+/m0/s1. The van der Waals surface area contributed by atoms with Crippen LogP contribution in [0.25, 0.3) is 0 Å². The van der Waals surface area contributed by atoms with Gasteiger partial charge in [-0.2, -0.15) is 0 Å². The Morgan fingerprint density at radius 1 is 0.710 bits per heavy atom. The van der Waals surface area contributed by atoms with Gasteiger partial charge in [-0.05, 0) is 43.0 Å². The van der Waals surface area contributed by atoms with Crippen molar-refractivity contribution >= 4 is 19.7 Å². The third-order valence-corrected chi connectivity index (χ3v) is 9.68. The molecule has 0 saturated heterocycles. The summed E-state index contributed by atoms with van der Waals surface area (Å²) in [5.41, 5.74) is 0.904. The van der Waals surface area contributed by atoms with Gasteiger partial charge >= 0.3 is 0 Å². The van der Waals surface area contributed by atoms with Crippen LogP contribution in [0, 0.1) is 0 Å². The van der Waals surface area contributed by atoms with Crippen LogP contribution in [0.15, 0.2) is 112 Å². The van der Waals surface area contributed by atoms with Gasteiger partial charge in [-0.1, -0.05) is 66.7 Å². The van der Waals surface area contributed by atoms with Gasteiger partial charge in [0.15, 0.2) is 9.84 Å². The van der Waals surface area contributed by atoms with Gasteiger partial charge in [0.05, 0.1) is 20.7 Å². The summed E-state index contributed by atoms with van der Waals surface area (Å²) < 4.78 is 54.3. The van der Waals surface area contributed by atoms with Crippen molar-refractivity contribution in [3.63, 3.8) is 0 Å². The van der Waals surface area contributed by atoms with Crippen molar-refractivity contribution in [3.8, 4) is 0 Å². The third-order valence-electron chi connectivity index (χ3n) is 5.52. The van der Waals surface area contributed by atoms with Crippen LogP contribution in [0.1, 0.15) is 11.6 Å². The molecule has 1 aliphatic heterocycles. The Balaban J connectivity index is 1.91. The summed E-state index contributed by atoms with van der Waals surface area (Å²) in [6, 6.07) is 25.2. The van der Waals surface area contributed by atoms with Crippen LogP contribution in [0.3, 0.4) is 0 Å². The van der Waals surface area contributed by atoms with E-state index in [9.17, 15) is 16.8 Å². The summed E-state index contributed by atoms with van der Waals surface area (Å²) in [4.78, 5) is 2.01. The second-order valence-electron chi connectivity index (χ2n) is 7.53. The van der Waals surface area contributed by atoms with E-state index < -0.39 is 24.9 Å². The fourth-order valence-electron chi connectivity index (χ4n) is 3.88. The second-order valence-corrected chi connectivity index (χ2v) is 11.6. The molecule has 3 aromatic rings. The third kappa shape index (κ3) is 4.08. The van der Waals surface area contributed by atoms with Crippen LogP contribution in [0.2, 0.25) is 0 Å². The molecule has 0 radical (unpaired) electrons. The van der Waals surface area contributed by atoms with E-state index in [1.807, 2.05) is 42.3 Å². The van der Waals surface area contributed by atoms with E-state index in [0.29, 0.717) is 0 Å². The molecule has 1 aliphatic rings. The number of likely N-dealkylation sites (N-methyl/N-ethyl adjacent to an activating group) is 1. The largest absolute Gasteiger partial charge is 0.294 e. The van der Waals surface area contributed by atoms with Crippen molar-refractivity contribution in [1.82, 2.24) is 4.90 Å². The molecule has 0 saturated carbocycles. The highest BCUT2D eigenvalue weighted by Crippen LogP contribution is 2.37. The lowest BCUT2D eigenvalue weighted by molar-refractivity contribution is 0.277. The van der Waals surface area contributed by atoms with Crippen LogP contribution < -0.4 is 0 Å². The molecule has 0 aliphatic carbocycles. The molecule has 0 fully saturated rings. The van der Waals surface area contributed by atoms with E-state index in [2.05, 4.69) is 0 Å². The normalized spacial score (nSPS) is 20.2. The van der Waals surface area contributed by atoms with Gasteiger partial charge in [0.2, 0.25) is 9.84 Å². The van der Waals surface area contributed by atoms with E-state index >= 15 is 0 Å². The molecule has 0 N–H and O–H groups in total. The summed E-state index contributed by atoms with van der Waals surface area (Å²) >= 11 is 0. The molecule has 5 nitrogen and oxygen atoms in total. The maximum absolute atomic E-state index is 13.6. The van der Waals surface area contributed by atoms with E-state index in [0.717, 1.165) is 5.56 Å². The highest BCUT2D eigenvalue weighted by molar-refractivity contribution is 7.98. The van der Waals surface area contributed by atoms with Crippen molar-refractivity contribution in [2.24, 2.45) is 0 Å². The molecule has 3 aromatic carbocycles. The highest BCUT2D eigenvalue weighted by Gasteiger charge is 2.42. The first-order chi connectivity index (χ1) is 14.8. The Kier molecular flexibility index (Phi) is 5.83. The summed E-state index contributed by atoms with van der Waals surface area (Å²) in [6.45, 7) is 0.0642. The Morgan fingerprint density at radius 3 is 1.74 bits per heavy atom. The molecule has 1 heterocycles. The molecule has 0 bridgehead atoms. The lowest BCUT2D eigenvalue weighted by Crippen LogP contribution is -2.43. The van der Waals surface area contributed by atoms with Crippen LogP contribution in [-0.2, 0) is 19.7 Å². The average molecular weight is 454 g/mol. The summed E-state index contributed by atoms with van der Waals surface area (Å²) in [5.74, 6) is 0. The Hall–Kier alpha value is -2.74. The quantitative estimate of drug-likeness (QED) is 0.586. The van der Waals surface area contributed by atoms with Gasteiger partial charge in [-0.3, -0.25) is 4.90 Å². The molecule has 0 amide bonds. The number of hydrogen-bond donors (Lipinski definition) is 0. The van der Waals surface area contributed by atoms with Crippen molar-refractivity contribution in [2.45, 2.75) is 21.1 Å². The van der Waals surface area contributed by atoms with Gasteiger partial charge in [-0.25, -0.2) is 16.8 Å². The molecule has 2 atom stereocenters. The van der Waals surface area contributed by atoms with E-state index in [-0.39, 0.29) is 27.3 Å². The Bertz CT molecular complexity index is 1290. The topological polar surface area (TPSA) is 71.5 Å². The van der Waals surface area contributed by atoms with Crippen molar-refractivity contribution < 1.29 is 16.8 Å². The predicted molar refractivity (Wildman–Crippen MR) is 121 cm³/mol. The lowest BCUT2D eigenvalue weighted by atomic mass is 10.0. The minimum Gasteiger partial charge on any atom is -0.294 e. The Labute approximate surface area is 183 Å². The zero-order valence-electron chi connectivity index (χ0n) is 17.0. The number of nitrogens with zero attached hydrogens (tertiary/aromatic N) is 1. The SMILES string of the molecule is CN1C[C@@H](S(=O)(=O)c2ccccc2)C(S(=O)(=O)c2ccccc2)=C[C@H]1c1ccccc1. The molecule has 7 heteroatoms. The van der Waals surface area contributed by atoms with Gasteiger partial charge < -0.3 is 0 Å². The molecule has 160 valence electrons. The van der Waals surface area contributed by atoms with Crippen molar-refractivity contribution in [3.05, 3.63) is 108 Å². The summed E-state index contributed by atoms with van der Waals surface area (Å²) in [6.07, 6.45) is 1.59. The van der Waals surface area contributed by atoms with Crippen LogP contribution >= 0.6 is 0 Å². The zero-order chi connectivity index (χ0) is 22.1. The van der Waals surface area contributed by atoms with E-state index in [1.54, 1.807) is 42.5 Å². The maximum Gasteiger partial charge on any atom is 0.203 e. The fourth-order valence-corrected chi connectivity index (χ4v) is 7.84. The highest BCUT2D eigenvalue weighted by atomic mass is 32.2. The minimum absolute atomic E-state index is 0.0642. The minimum atomic E-state index is -4.01. The lowest BCUT2D eigenvalue weighted by Gasteiger charge is -2.36. The maximum atomic E-state index is 13.6. The molecule has 4 rings (SSSR count). The first kappa shape index (κ1) is 21.5. The van der Waals surface area contributed by atoms with Gasteiger partial charge in [0.25, 0.3) is 0 Å². The molecule has 31 heavy (non-hydrogen) atoms. The Morgan fingerprint density at radius 2 is 1.19 bits per heavy atom. The van der Waals surface area contributed by atoms with Crippen LogP contribution in [0.4, 0.5) is 0 Å². The monoisotopic (exact) mass is 453 g/mol. The predicted octanol–water partition coefficient (Wildman–Crippen LogP) is 3.87. The van der Waals surface area contributed by atoms with Crippen molar-refractivity contribution in [2.75, 3.05) is 13.6 Å². The number of rotatable bonds is 5. The first-order valence-electron chi connectivity index (χ1n) is 9.88. The second kappa shape index (κ2) is 8.42. The first-order valence-corrected chi connectivity index (χ1v) is 12.9. The van der Waals surface area contributed by atoms with E-state index in [4.69, 9.17) is 0 Å². The van der Waals surface area contributed by atoms with Gasteiger partial charge in [-0.15, -0.1) is 0 Å². The summed E-state index contributed by atoms with van der Waals surface area (Å²) in [5, 5.41) is -1.20.